The van der Waals surface area contributed by atoms with Gasteiger partial charge in [-0.1, -0.05) is 36.4 Å². The van der Waals surface area contributed by atoms with Crippen LogP contribution in [0.25, 0.3) is 22.5 Å². The van der Waals surface area contributed by atoms with Gasteiger partial charge < -0.3 is 10.6 Å². The van der Waals surface area contributed by atoms with Gasteiger partial charge in [0.25, 0.3) is 0 Å². The second-order valence-electron chi connectivity index (χ2n) is 10.2. The highest BCUT2D eigenvalue weighted by atomic mass is 19.4. The van der Waals surface area contributed by atoms with Crippen LogP contribution in [-0.4, -0.2) is 19.9 Å². The summed E-state index contributed by atoms with van der Waals surface area (Å²) in [7, 11) is 0. The minimum Gasteiger partial charge on any atom is -0.324 e. The topological polar surface area (TPSA) is 100 Å². The van der Waals surface area contributed by atoms with Crippen LogP contribution in [0.15, 0.2) is 132 Å². The van der Waals surface area contributed by atoms with Crippen LogP contribution < -0.4 is 10.6 Å². The molecule has 2 heterocycles. The Bertz CT molecular complexity index is 1910. The summed E-state index contributed by atoms with van der Waals surface area (Å²) >= 11 is 0. The number of halogens is 6. The Balaban J connectivity index is 1.23. The van der Waals surface area contributed by atoms with E-state index in [0.29, 0.717) is 45.3 Å². The van der Waals surface area contributed by atoms with E-state index in [0.717, 1.165) is 24.3 Å². The number of hydrogen-bond acceptors (Lipinski definition) is 8. The molecule has 0 fully saturated rings. The van der Waals surface area contributed by atoms with Gasteiger partial charge in [0, 0.05) is 34.9 Å². The van der Waals surface area contributed by atoms with E-state index in [4.69, 9.17) is 0 Å². The molecule has 240 valence electrons. The van der Waals surface area contributed by atoms with Crippen molar-refractivity contribution in [2.24, 2.45) is 10.2 Å². The van der Waals surface area contributed by atoms with Crippen molar-refractivity contribution in [3.63, 3.8) is 0 Å². The maximum Gasteiger partial charge on any atom is 0.416 e. The standard InChI is InChI=1S/C34H22F6N8/c35-33(36,37)21-9-13-23(14-10-21)43-31-41-19-17-27(45-31)25-5-1-3-7-29(25)47-48-30-8-4-2-6-26(30)28-18-20-42-32(46-28)44-24-15-11-22(12-16-24)34(38,39)40/h1-20H,(H,41,43,45)(H,42,44,46). The molecule has 2 aromatic heterocycles. The molecular weight excluding hydrogens is 634 g/mol. The molecule has 8 nitrogen and oxygen atoms in total. The van der Waals surface area contributed by atoms with Gasteiger partial charge in [0.1, 0.15) is 0 Å². The molecular formula is C34H22F6N8. The molecule has 6 rings (SSSR count). The van der Waals surface area contributed by atoms with E-state index < -0.39 is 23.5 Å². The number of alkyl halides is 6. The van der Waals surface area contributed by atoms with Gasteiger partial charge in [0.2, 0.25) is 11.9 Å². The van der Waals surface area contributed by atoms with E-state index in [1.807, 2.05) is 0 Å². The lowest BCUT2D eigenvalue weighted by Crippen LogP contribution is -2.05. The number of nitrogens with zero attached hydrogens (tertiary/aromatic N) is 6. The summed E-state index contributed by atoms with van der Waals surface area (Å²) in [6.07, 6.45) is -5.85. The van der Waals surface area contributed by atoms with Crippen molar-refractivity contribution in [1.82, 2.24) is 19.9 Å². The molecule has 14 heteroatoms. The van der Waals surface area contributed by atoms with Gasteiger partial charge in [-0.15, -0.1) is 10.2 Å². The first-order valence-electron chi connectivity index (χ1n) is 14.2. The highest BCUT2D eigenvalue weighted by Crippen LogP contribution is 2.35. The Morgan fingerprint density at radius 3 is 1.21 bits per heavy atom. The highest BCUT2D eigenvalue weighted by Gasteiger charge is 2.30. The second kappa shape index (κ2) is 13.3. The van der Waals surface area contributed by atoms with Crippen molar-refractivity contribution in [3.05, 3.63) is 133 Å². The lowest BCUT2D eigenvalue weighted by molar-refractivity contribution is -0.138. The molecule has 0 radical (unpaired) electrons. The number of rotatable bonds is 8. The quantitative estimate of drug-likeness (QED) is 0.125. The average molecular weight is 657 g/mol. The molecule has 0 amide bonds. The van der Waals surface area contributed by atoms with Crippen molar-refractivity contribution in [3.8, 4) is 22.5 Å². The third-order valence-corrected chi connectivity index (χ3v) is 6.87. The van der Waals surface area contributed by atoms with Gasteiger partial charge in [-0.3, -0.25) is 0 Å². The van der Waals surface area contributed by atoms with E-state index in [2.05, 4.69) is 40.8 Å². The predicted molar refractivity (Wildman–Crippen MR) is 169 cm³/mol. The third kappa shape index (κ3) is 7.61. The predicted octanol–water partition coefficient (Wildman–Crippen LogP) is 10.5. The monoisotopic (exact) mass is 656 g/mol. The minimum atomic E-state index is -4.44. The third-order valence-electron chi connectivity index (χ3n) is 6.87. The fourth-order valence-corrected chi connectivity index (χ4v) is 4.54. The first-order valence-corrected chi connectivity index (χ1v) is 14.2. The van der Waals surface area contributed by atoms with Gasteiger partial charge >= 0.3 is 12.4 Å². The van der Waals surface area contributed by atoms with Crippen LogP contribution in [0, 0.1) is 0 Å². The van der Waals surface area contributed by atoms with Crippen LogP contribution in [0.5, 0.6) is 0 Å². The number of benzene rings is 4. The number of hydrogen-bond donors (Lipinski definition) is 2. The zero-order valence-corrected chi connectivity index (χ0v) is 24.5. The summed E-state index contributed by atoms with van der Waals surface area (Å²) in [5, 5.41) is 14.8. The summed E-state index contributed by atoms with van der Waals surface area (Å²) < 4.78 is 77.6. The van der Waals surface area contributed by atoms with E-state index in [-0.39, 0.29) is 11.9 Å². The summed E-state index contributed by atoms with van der Waals surface area (Å²) in [6.45, 7) is 0. The van der Waals surface area contributed by atoms with Crippen molar-refractivity contribution in [1.29, 1.82) is 0 Å². The van der Waals surface area contributed by atoms with Gasteiger partial charge in [-0.2, -0.15) is 26.3 Å². The van der Waals surface area contributed by atoms with Gasteiger partial charge in [-0.05, 0) is 72.8 Å². The Hall–Kier alpha value is -6.18. The highest BCUT2D eigenvalue weighted by molar-refractivity contribution is 5.76. The molecule has 2 N–H and O–H groups in total. The first-order chi connectivity index (χ1) is 23.0. The number of aromatic nitrogens is 4. The smallest absolute Gasteiger partial charge is 0.324 e. The molecule has 0 spiro atoms. The molecule has 48 heavy (non-hydrogen) atoms. The minimum absolute atomic E-state index is 0.175. The molecule has 0 bridgehead atoms. The maximum atomic E-state index is 12.9. The lowest BCUT2D eigenvalue weighted by Gasteiger charge is -2.10. The maximum absolute atomic E-state index is 12.9. The van der Waals surface area contributed by atoms with Crippen molar-refractivity contribution >= 4 is 34.6 Å². The number of anilines is 4. The van der Waals surface area contributed by atoms with E-state index in [9.17, 15) is 26.3 Å². The normalized spacial score (nSPS) is 11.9. The Morgan fingerprint density at radius 2 is 0.833 bits per heavy atom. The van der Waals surface area contributed by atoms with Crippen LogP contribution in [0.3, 0.4) is 0 Å². The van der Waals surface area contributed by atoms with E-state index in [1.165, 1.54) is 36.7 Å². The van der Waals surface area contributed by atoms with Crippen LogP contribution in [0.2, 0.25) is 0 Å². The van der Waals surface area contributed by atoms with E-state index >= 15 is 0 Å². The molecule has 0 unspecified atom stereocenters. The molecule has 0 aliphatic rings. The molecule has 0 atom stereocenters. The average Bonchev–Trinajstić information content (AvgIpc) is 3.07. The van der Waals surface area contributed by atoms with Crippen LogP contribution in [0.1, 0.15) is 11.1 Å². The Labute approximate surface area is 269 Å². The van der Waals surface area contributed by atoms with Gasteiger partial charge in [0.15, 0.2) is 0 Å². The van der Waals surface area contributed by atoms with Crippen LogP contribution in [-0.2, 0) is 12.4 Å². The largest absolute Gasteiger partial charge is 0.416 e. The van der Waals surface area contributed by atoms with E-state index in [1.54, 1.807) is 60.7 Å². The molecule has 0 saturated heterocycles. The zero-order valence-electron chi connectivity index (χ0n) is 24.5. The molecule has 0 aliphatic carbocycles. The fourth-order valence-electron chi connectivity index (χ4n) is 4.54. The zero-order chi connectivity index (χ0) is 33.7. The summed E-state index contributed by atoms with van der Waals surface area (Å²) in [5.41, 5.74) is 2.45. The Kier molecular flexibility index (Phi) is 8.79. The molecule has 4 aromatic carbocycles. The summed E-state index contributed by atoms with van der Waals surface area (Å²) in [4.78, 5) is 17.4. The molecule has 6 aromatic rings. The summed E-state index contributed by atoms with van der Waals surface area (Å²) in [5.74, 6) is 0.350. The van der Waals surface area contributed by atoms with Crippen LogP contribution >= 0.6 is 0 Å². The number of azo groups is 1. The van der Waals surface area contributed by atoms with Crippen LogP contribution in [0.4, 0.5) is 61.0 Å². The molecule has 0 saturated carbocycles. The van der Waals surface area contributed by atoms with Crippen molar-refractivity contribution < 1.29 is 26.3 Å². The fraction of sp³-hybridized carbons (Fsp3) is 0.0588. The second-order valence-corrected chi connectivity index (χ2v) is 10.2. The van der Waals surface area contributed by atoms with Gasteiger partial charge in [0.05, 0.1) is 33.9 Å². The molecule has 0 aliphatic heterocycles. The Morgan fingerprint density at radius 1 is 0.458 bits per heavy atom. The van der Waals surface area contributed by atoms with Gasteiger partial charge in [-0.25, -0.2) is 19.9 Å². The SMILES string of the molecule is FC(F)(F)c1ccc(Nc2nccc(-c3ccccc3N=Nc3ccccc3-c3ccnc(Nc4ccc(C(F)(F)F)cc4)n3)n2)cc1. The van der Waals surface area contributed by atoms with Crippen molar-refractivity contribution in [2.45, 2.75) is 12.4 Å². The summed E-state index contributed by atoms with van der Waals surface area (Å²) in [6, 6.07) is 26.7. The first kappa shape index (κ1) is 31.8. The van der Waals surface area contributed by atoms with Crippen molar-refractivity contribution in [2.75, 3.05) is 10.6 Å². The lowest BCUT2D eigenvalue weighted by atomic mass is 10.1. The number of nitrogens with one attached hydrogen (secondary N) is 2.